The van der Waals surface area contributed by atoms with Crippen LogP contribution in [0.3, 0.4) is 0 Å². The Hall–Kier alpha value is -2.22. The summed E-state index contributed by atoms with van der Waals surface area (Å²) in [4.78, 5) is 24.2. The average molecular weight is 350 g/mol. The SMILES string of the molecule is CSc1nccc(N2CCN(Cc3cc(F)ccc3F)C(=O)C2)n1. The number of carbonyl (C=O) groups is 1. The second-order valence-electron chi connectivity index (χ2n) is 5.37. The van der Waals surface area contributed by atoms with Crippen molar-refractivity contribution < 1.29 is 13.6 Å². The van der Waals surface area contributed by atoms with E-state index >= 15 is 0 Å². The molecule has 1 saturated heterocycles. The van der Waals surface area contributed by atoms with Crippen LogP contribution in [0.4, 0.5) is 14.6 Å². The minimum absolute atomic E-state index is 0.0656. The smallest absolute Gasteiger partial charge is 0.242 e. The summed E-state index contributed by atoms with van der Waals surface area (Å²) in [6.45, 7) is 1.22. The standard InChI is InChI=1S/C16H16F2N4OS/c1-24-16-19-5-4-14(20-16)21-6-7-22(15(23)10-21)9-11-8-12(17)2-3-13(11)18/h2-5,8H,6-7,9-10H2,1H3. The van der Waals surface area contributed by atoms with Crippen molar-refractivity contribution in [2.75, 3.05) is 30.8 Å². The molecule has 1 aromatic heterocycles. The molecule has 0 aliphatic carbocycles. The van der Waals surface area contributed by atoms with Gasteiger partial charge in [0.05, 0.1) is 6.54 Å². The monoisotopic (exact) mass is 350 g/mol. The third kappa shape index (κ3) is 3.64. The van der Waals surface area contributed by atoms with Crippen molar-refractivity contribution in [3.05, 3.63) is 47.7 Å². The zero-order chi connectivity index (χ0) is 17.1. The molecular formula is C16H16F2N4OS. The summed E-state index contributed by atoms with van der Waals surface area (Å²) in [5.41, 5.74) is 0.184. The quantitative estimate of drug-likeness (QED) is 0.626. The fourth-order valence-corrected chi connectivity index (χ4v) is 2.90. The zero-order valence-corrected chi connectivity index (χ0v) is 13.9. The Morgan fingerprint density at radius 2 is 2.08 bits per heavy atom. The minimum atomic E-state index is -0.511. The third-order valence-electron chi connectivity index (χ3n) is 3.81. The van der Waals surface area contributed by atoms with Gasteiger partial charge in [0, 0.05) is 31.4 Å². The number of halogens is 2. The molecule has 0 spiro atoms. The molecule has 0 saturated carbocycles. The van der Waals surface area contributed by atoms with Crippen LogP contribution in [0.25, 0.3) is 0 Å². The summed E-state index contributed by atoms with van der Waals surface area (Å²) in [7, 11) is 0. The van der Waals surface area contributed by atoms with Crippen LogP contribution in [0.5, 0.6) is 0 Å². The molecule has 1 aliphatic heterocycles. The molecule has 3 rings (SSSR count). The van der Waals surface area contributed by atoms with E-state index in [-0.39, 0.29) is 24.6 Å². The van der Waals surface area contributed by atoms with E-state index in [1.54, 1.807) is 12.3 Å². The highest BCUT2D eigenvalue weighted by Crippen LogP contribution is 2.19. The molecule has 0 bridgehead atoms. The first-order valence-electron chi connectivity index (χ1n) is 7.40. The summed E-state index contributed by atoms with van der Waals surface area (Å²) < 4.78 is 27.0. The maximum absolute atomic E-state index is 13.7. The lowest BCUT2D eigenvalue weighted by Gasteiger charge is -2.35. The van der Waals surface area contributed by atoms with Crippen molar-refractivity contribution in [3.8, 4) is 0 Å². The zero-order valence-electron chi connectivity index (χ0n) is 13.1. The van der Waals surface area contributed by atoms with Gasteiger partial charge >= 0.3 is 0 Å². The van der Waals surface area contributed by atoms with Crippen molar-refractivity contribution in [1.29, 1.82) is 0 Å². The van der Waals surface area contributed by atoms with Crippen LogP contribution in [0.2, 0.25) is 0 Å². The fourth-order valence-electron chi connectivity index (χ4n) is 2.55. The molecule has 0 radical (unpaired) electrons. The van der Waals surface area contributed by atoms with Crippen molar-refractivity contribution >= 4 is 23.5 Å². The Labute approximate surface area is 142 Å². The normalized spacial score (nSPS) is 15.0. The van der Waals surface area contributed by atoms with Crippen LogP contribution in [0, 0.1) is 11.6 Å². The van der Waals surface area contributed by atoms with E-state index in [2.05, 4.69) is 9.97 Å². The molecule has 5 nitrogen and oxygen atoms in total. The lowest BCUT2D eigenvalue weighted by Crippen LogP contribution is -2.50. The number of piperazine rings is 1. The first-order valence-corrected chi connectivity index (χ1v) is 8.63. The Bertz CT molecular complexity index is 759. The number of hydrogen-bond donors (Lipinski definition) is 0. The second kappa shape index (κ2) is 7.12. The van der Waals surface area contributed by atoms with Gasteiger partial charge in [-0.3, -0.25) is 4.79 Å². The average Bonchev–Trinajstić information content (AvgIpc) is 2.60. The molecule has 0 N–H and O–H groups in total. The molecule has 126 valence electrons. The molecule has 1 aliphatic rings. The van der Waals surface area contributed by atoms with Crippen LogP contribution >= 0.6 is 11.8 Å². The maximum atomic E-state index is 13.7. The maximum Gasteiger partial charge on any atom is 0.242 e. The molecule has 0 atom stereocenters. The molecule has 1 aromatic carbocycles. The number of carbonyl (C=O) groups excluding carboxylic acids is 1. The number of anilines is 1. The van der Waals surface area contributed by atoms with Crippen LogP contribution in [0.15, 0.2) is 35.6 Å². The summed E-state index contributed by atoms with van der Waals surface area (Å²) >= 11 is 1.43. The Morgan fingerprint density at radius 3 is 2.83 bits per heavy atom. The number of amides is 1. The highest BCUT2D eigenvalue weighted by Gasteiger charge is 2.25. The predicted octanol–water partition coefficient (Wildman–Crippen LogP) is 2.33. The predicted molar refractivity (Wildman–Crippen MR) is 87.8 cm³/mol. The van der Waals surface area contributed by atoms with Gasteiger partial charge in [0.25, 0.3) is 0 Å². The lowest BCUT2D eigenvalue weighted by molar-refractivity contribution is -0.131. The molecule has 8 heteroatoms. The highest BCUT2D eigenvalue weighted by molar-refractivity contribution is 7.98. The Balaban J connectivity index is 1.69. The highest BCUT2D eigenvalue weighted by atomic mass is 32.2. The van der Waals surface area contributed by atoms with Crippen molar-refractivity contribution in [2.45, 2.75) is 11.7 Å². The number of hydrogen-bond acceptors (Lipinski definition) is 5. The van der Waals surface area contributed by atoms with E-state index in [0.29, 0.717) is 24.1 Å². The van der Waals surface area contributed by atoms with E-state index < -0.39 is 11.6 Å². The topological polar surface area (TPSA) is 49.3 Å². The van der Waals surface area contributed by atoms with Gasteiger partial charge in [0.1, 0.15) is 17.5 Å². The van der Waals surface area contributed by atoms with Crippen LogP contribution in [0.1, 0.15) is 5.56 Å². The molecule has 2 heterocycles. The number of rotatable bonds is 4. The van der Waals surface area contributed by atoms with E-state index in [1.165, 1.54) is 16.7 Å². The minimum Gasteiger partial charge on any atom is -0.345 e. The molecule has 1 amide bonds. The van der Waals surface area contributed by atoms with Crippen LogP contribution in [-0.4, -0.2) is 46.7 Å². The van der Waals surface area contributed by atoms with Gasteiger partial charge in [-0.2, -0.15) is 0 Å². The van der Waals surface area contributed by atoms with Gasteiger partial charge in [0.2, 0.25) is 5.91 Å². The number of thioether (sulfide) groups is 1. The second-order valence-corrected chi connectivity index (χ2v) is 6.15. The largest absolute Gasteiger partial charge is 0.345 e. The van der Waals surface area contributed by atoms with Gasteiger partial charge in [-0.15, -0.1) is 0 Å². The molecular weight excluding hydrogens is 334 g/mol. The summed E-state index contributed by atoms with van der Waals surface area (Å²) in [5.74, 6) is -0.469. The Kier molecular flexibility index (Phi) is 4.94. The van der Waals surface area contributed by atoms with Gasteiger partial charge in [-0.25, -0.2) is 18.7 Å². The van der Waals surface area contributed by atoms with Crippen molar-refractivity contribution in [2.24, 2.45) is 0 Å². The van der Waals surface area contributed by atoms with Crippen LogP contribution in [-0.2, 0) is 11.3 Å². The van der Waals surface area contributed by atoms with Gasteiger partial charge < -0.3 is 9.80 Å². The van der Waals surface area contributed by atoms with E-state index in [9.17, 15) is 13.6 Å². The first kappa shape index (κ1) is 16.6. The summed E-state index contributed by atoms with van der Waals surface area (Å²) in [5, 5.41) is 0.643. The van der Waals surface area contributed by atoms with Gasteiger partial charge in [-0.05, 0) is 30.5 Å². The van der Waals surface area contributed by atoms with Crippen molar-refractivity contribution in [3.63, 3.8) is 0 Å². The number of nitrogens with zero attached hydrogens (tertiary/aromatic N) is 4. The van der Waals surface area contributed by atoms with Crippen molar-refractivity contribution in [1.82, 2.24) is 14.9 Å². The molecule has 24 heavy (non-hydrogen) atoms. The molecule has 1 fully saturated rings. The van der Waals surface area contributed by atoms with E-state index in [1.807, 2.05) is 11.2 Å². The molecule has 0 unspecified atom stereocenters. The number of aromatic nitrogens is 2. The van der Waals surface area contributed by atoms with Gasteiger partial charge in [0.15, 0.2) is 5.16 Å². The van der Waals surface area contributed by atoms with Crippen LogP contribution < -0.4 is 4.90 Å². The third-order valence-corrected chi connectivity index (χ3v) is 4.37. The summed E-state index contributed by atoms with van der Waals surface area (Å²) in [6.07, 6.45) is 3.54. The van der Waals surface area contributed by atoms with Gasteiger partial charge in [-0.1, -0.05) is 11.8 Å². The lowest BCUT2D eigenvalue weighted by atomic mass is 10.1. The molecule has 2 aromatic rings. The summed E-state index contributed by atoms with van der Waals surface area (Å²) in [6, 6.07) is 5.03. The van der Waals surface area contributed by atoms with E-state index in [0.717, 1.165) is 18.2 Å². The number of benzene rings is 1. The fraction of sp³-hybridized carbons (Fsp3) is 0.312. The Morgan fingerprint density at radius 1 is 1.25 bits per heavy atom. The first-order chi connectivity index (χ1) is 11.6. The van der Waals surface area contributed by atoms with E-state index in [4.69, 9.17) is 0 Å².